The smallest absolute Gasteiger partial charge is 0.311 e. The summed E-state index contributed by atoms with van der Waals surface area (Å²) in [7, 11) is 1.33. The van der Waals surface area contributed by atoms with Crippen molar-refractivity contribution in [3.8, 4) is 5.75 Å². The minimum atomic E-state index is -0.551. The first-order valence-corrected chi connectivity index (χ1v) is 7.32. The lowest BCUT2D eigenvalue weighted by atomic mass is 10.0. The maximum absolute atomic E-state index is 12.7. The number of nitro benzene ring substituents is 1. The lowest BCUT2D eigenvalue weighted by Crippen LogP contribution is -2.44. The number of carbonyl (C=O) groups excluding carboxylic acids is 1. The number of piperidine rings is 1. The van der Waals surface area contributed by atoms with Gasteiger partial charge in [0.2, 0.25) is 5.75 Å². The molecule has 2 rings (SSSR count). The Hall–Kier alpha value is -1.82. The number of benzene rings is 1. The van der Waals surface area contributed by atoms with E-state index < -0.39 is 4.92 Å². The highest BCUT2D eigenvalue weighted by Gasteiger charge is 2.31. The first kappa shape index (κ1) is 15.6. The number of halogens is 1. The van der Waals surface area contributed by atoms with Crippen LogP contribution in [0.4, 0.5) is 5.69 Å². The molecular formula is C14H17ClN2O4. The topological polar surface area (TPSA) is 72.7 Å². The Kier molecular flexibility index (Phi) is 5.01. The predicted octanol–water partition coefficient (Wildman–Crippen LogP) is 2.84. The minimum absolute atomic E-state index is 0.00592. The van der Waals surface area contributed by atoms with Crippen LogP contribution in [0.25, 0.3) is 0 Å². The van der Waals surface area contributed by atoms with Gasteiger partial charge in [0.05, 0.1) is 17.6 Å². The molecule has 1 unspecified atom stereocenters. The van der Waals surface area contributed by atoms with Gasteiger partial charge < -0.3 is 9.64 Å². The third-order valence-corrected chi connectivity index (χ3v) is 4.05. The van der Waals surface area contributed by atoms with Gasteiger partial charge in [-0.2, -0.15) is 0 Å². The van der Waals surface area contributed by atoms with Crippen molar-refractivity contribution in [2.45, 2.75) is 25.3 Å². The number of ether oxygens (including phenoxy) is 1. The normalized spacial score (nSPS) is 18.4. The molecule has 0 spiro atoms. The molecule has 1 saturated heterocycles. The van der Waals surface area contributed by atoms with Crippen LogP contribution in [0.1, 0.15) is 29.6 Å². The molecule has 1 aliphatic rings. The zero-order valence-corrected chi connectivity index (χ0v) is 12.5. The Labute approximate surface area is 127 Å². The summed E-state index contributed by atoms with van der Waals surface area (Å²) in [4.78, 5) is 24.9. The molecule has 1 aromatic rings. The van der Waals surface area contributed by atoms with Crippen LogP contribution >= 0.6 is 11.6 Å². The number of hydrogen-bond donors (Lipinski definition) is 0. The Morgan fingerprint density at radius 3 is 2.90 bits per heavy atom. The van der Waals surface area contributed by atoms with Crippen molar-refractivity contribution in [2.24, 2.45) is 0 Å². The van der Waals surface area contributed by atoms with Crippen LogP contribution in [0.2, 0.25) is 0 Å². The van der Waals surface area contributed by atoms with Gasteiger partial charge in [-0.25, -0.2) is 0 Å². The molecule has 0 bridgehead atoms. The molecular weight excluding hydrogens is 296 g/mol. The van der Waals surface area contributed by atoms with E-state index in [0.29, 0.717) is 12.4 Å². The van der Waals surface area contributed by atoms with Gasteiger partial charge in [0.25, 0.3) is 5.91 Å². The van der Waals surface area contributed by atoms with Crippen molar-refractivity contribution in [2.75, 3.05) is 19.5 Å². The van der Waals surface area contributed by atoms with Crippen molar-refractivity contribution < 1.29 is 14.5 Å². The number of nitrogens with zero attached hydrogens (tertiary/aromatic N) is 2. The summed E-state index contributed by atoms with van der Waals surface area (Å²) in [6, 6.07) is 4.34. The predicted molar refractivity (Wildman–Crippen MR) is 79.0 cm³/mol. The maximum Gasteiger partial charge on any atom is 0.311 e. The van der Waals surface area contributed by atoms with Crippen molar-refractivity contribution in [3.63, 3.8) is 0 Å². The van der Waals surface area contributed by atoms with Gasteiger partial charge >= 0.3 is 5.69 Å². The van der Waals surface area contributed by atoms with E-state index in [1.54, 1.807) is 11.0 Å². The molecule has 0 N–H and O–H groups in total. The number of amides is 1. The van der Waals surface area contributed by atoms with E-state index in [-0.39, 0.29) is 28.9 Å². The average molecular weight is 313 g/mol. The van der Waals surface area contributed by atoms with Crippen LogP contribution in [0.3, 0.4) is 0 Å². The van der Waals surface area contributed by atoms with Crippen LogP contribution in [0.5, 0.6) is 5.75 Å². The summed E-state index contributed by atoms with van der Waals surface area (Å²) >= 11 is 5.93. The van der Waals surface area contributed by atoms with E-state index in [1.165, 1.54) is 19.2 Å². The van der Waals surface area contributed by atoms with Gasteiger partial charge in [0.1, 0.15) is 0 Å². The van der Waals surface area contributed by atoms with E-state index in [0.717, 1.165) is 19.3 Å². The molecule has 7 heteroatoms. The van der Waals surface area contributed by atoms with Gasteiger partial charge in [-0.15, -0.1) is 11.6 Å². The fourth-order valence-corrected chi connectivity index (χ4v) is 2.96. The van der Waals surface area contributed by atoms with Crippen LogP contribution in [0, 0.1) is 10.1 Å². The molecule has 1 fully saturated rings. The van der Waals surface area contributed by atoms with Gasteiger partial charge in [-0.1, -0.05) is 6.07 Å². The Morgan fingerprint density at radius 2 is 2.29 bits per heavy atom. The number of para-hydroxylation sites is 1. The quantitative estimate of drug-likeness (QED) is 0.487. The monoisotopic (exact) mass is 312 g/mol. The molecule has 1 amide bonds. The lowest BCUT2D eigenvalue weighted by Gasteiger charge is -2.34. The molecule has 1 aromatic carbocycles. The summed E-state index contributed by atoms with van der Waals surface area (Å²) in [5.74, 6) is 0.107. The van der Waals surface area contributed by atoms with E-state index in [2.05, 4.69) is 0 Å². The molecule has 1 aliphatic heterocycles. The van der Waals surface area contributed by atoms with Crippen LogP contribution < -0.4 is 4.74 Å². The fraction of sp³-hybridized carbons (Fsp3) is 0.500. The van der Waals surface area contributed by atoms with Crippen molar-refractivity contribution >= 4 is 23.2 Å². The molecule has 0 aliphatic carbocycles. The minimum Gasteiger partial charge on any atom is -0.490 e. The zero-order valence-electron chi connectivity index (χ0n) is 11.8. The Morgan fingerprint density at radius 1 is 1.52 bits per heavy atom. The number of rotatable bonds is 4. The van der Waals surface area contributed by atoms with Gasteiger partial charge in [0, 0.05) is 24.5 Å². The summed E-state index contributed by atoms with van der Waals surface area (Å²) in [6.07, 6.45) is 2.80. The van der Waals surface area contributed by atoms with E-state index in [4.69, 9.17) is 16.3 Å². The van der Waals surface area contributed by atoms with Crippen LogP contribution in [-0.4, -0.2) is 41.3 Å². The summed E-state index contributed by atoms with van der Waals surface area (Å²) in [6.45, 7) is 0.613. The SMILES string of the molecule is COc1c(C(=O)N2CCCCC2CCl)cccc1[N+](=O)[O-]. The molecule has 114 valence electrons. The summed E-state index contributed by atoms with van der Waals surface area (Å²) < 4.78 is 5.10. The molecule has 21 heavy (non-hydrogen) atoms. The number of carbonyl (C=O) groups is 1. The Balaban J connectivity index is 2.38. The second-order valence-electron chi connectivity index (χ2n) is 4.92. The average Bonchev–Trinajstić information content (AvgIpc) is 2.53. The van der Waals surface area contributed by atoms with Crippen molar-refractivity contribution in [1.82, 2.24) is 4.90 Å². The summed E-state index contributed by atoms with van der Waals surface area (Å²) in [5, 5.41) is 11.0. The van der Waals surface area contributed by atoms with Gasteiger partial charge in [-0.3, -0.25) is 14.9 Å². The number of methoxy groups -OCH3 is 1. The number of likely N-dealkylation sites (tertiary alicyclic amines) is 1. The lowest BCUT2D eigenvalue weighted by molar-refractivity contribution is -0.385. The molecule has 0 radical (unpaired) electrons. The van der Waals surface area contributed by atoms with E-state index >= 15 is 0 Å². The molecule has 6 nitrogen and oxygen atoms in total. The van der Waals surface area contributed by atoms with Crippen molar-refractivity contribution in [1.29, 1.82) is 0 Å². The third kappa shape index (κ3) is 3.10. The number of nitro groups is 1. The van der Waals surface area contributed by atoms with Crippen LogP contribution in [0.15, 0.2) is 18.2 Å². The second kappa shape index (κ2) is 6.76. The second-order valence-corrected chi connectivity index (χ2v) is 5.23. The highest BCUT2D eigenvalue weighted by atomic mass is 35.5. The van der Waals surface area contributed by atoms with Gasteiger partial charge in [-0.05, 0) is 25.3 Å². The van der Waals surface area contributed by atoms with Crippen molar-refractivity contribution in [3.05, 3.63) is 33.9 Å². The first-order chi connectivity index (χ1) is 10.1. The maximum atomic E-state index is 12.7. The number of alkyl halides is 1. The Bertz CT molecular complexity index is 550. The number of hydrogen-bond acceptors (Lipinski definition) is 4. The first-order valence-electron chi connectivity index (χ1n) is 6.78. The largest absolute Gasteiger partial charge is 0.490 e. The fourth-order valence-electron chi connectivity index (χ4n) is 2.63. The van der Waals surface area contributed by atoms with Gasteiger partial charge in [0.15, 0.2) is 0 Å². The molecule has 0 saturated carbocycles. The molecule has 1 atom stereocenters. The zero-order chi connectivity index (χ0) is 15.4. The molecule has 1 heterocycles. The summed E-state index contributed by atoms with van der Waals surface area (Å²) in [5.41, 5.74) is 0.00602. The molecule has 0 aromatic heterocycles. The highest BCUT2D eigenvalue weighted by molar-refractivity contribution is 6.18. The third-order valence-electron chi connectivity index (χ3n) is 3.69. The van der Waals surface area contributed by atoms with E-state index in [9.17, 15) is 14.9 Å². The van der Waals surface area contributed by atoms with Crippen LogP contribution in [-0.2, 0) is 0 Å². The highest BCUT2D eigenvalue weighted by Crippen LogP contribution is 2.32. The standard InChI is InChI=1S/C14H17ClN2O4/c1-21-13-11(6-4-7-12(13)17(19)20)14(18)16-8-3-2-5-10(16)9-15/h4,6-7,10H,2-3,5,8-9H2,1H3. The van der Waals surface area contributed by atoms with E-state index in [1.807, 2.05) is 0 Å².